The molecular formula is C32H42O6Si. The summed E-state index contributed by atoms with van der Waals surface area (Å²) in [6, 6.07) is 31.0. The highest BCUT2D eigenvalue weighted by Gasteiger charge is 2.48. The molecule has 0 amide bonds. The lowest BCUT2D eigenvalue weighted by Gasteiger charge is -2.45. The van der Waals surface area contributed by atoms with Crippen LogP contribution in [0.2, 0.25) is 25.7 Å². The fourth-order valence-electron chi connectivity index (χ4n) is 4.51. The van der Waals surface area contributed by atoms with Gasteiger partial charge in [0, 0.05) is 14.7 Å². The maximum absolute atomic E-state index is 10.4. The van der Waals surface area contributed by atoms with Crippen LogP contribution in [0, 0.1) is 0 Å². The van der Waals surface area contributed by atoms with E-state index in [1.54, 1.807) is 0 Å². The highest BCUT2D eigenvalue weighted by Crippen LogP contribution is 2.31. The Labute approximate surface area is 233 Å². The largest absolute Gasteiger partial charge is 0.394 e. The maximum Gasteiger partial charge on any atom is 0.186 e. The van der Waals surface area contributed by atoms with Gasteiger partial charge in [-0.1, -0.05) is 111 Å². The Morgan fingerprint density at radius 3 is 1.49 bits per heavy atom. The molecule has 0 spiro atoms. The van der Waals surface area contributed by atoms with Gasteiger partial charge in [-0.25, -0.2) is 0 Å². The number of hydrogen-bond donors (Lipinski definition) is 1. The summed E-state index contributed by atoms with van der Waals surface area (Å²) in [4.78, 5) is 0. The molecule has 5 atom stereocenters. The second-order valence-electron chi connectivity index (χ2n) is 11.2. The molecule has 1 aliphatic rings. The van der Waals surface area contributed by atoms with E-state index in [9.17, 15) is 5.11 Å². The van der Waals surface area contributed by atoms with E-state index in [1.165, 1.54) is 0 Å². The molecule has 1 aliphatic heterocycles. The fraction of sp³-hybridized carbons (Fsp3) is 0.438. The summed E-state index contributed by atoms with van der Waals surface area (Å²) in [5.41, 5.74) is 3.13. The number of benzene rings is 3. The molecule has 4 rings (SSSR count). The van der Waals surface area contributed by atoms with Crippen LogP contribution in [0.1, 0.15) is 16.7 Å². The number of ether oxygens (including phenoxy) is 5. The SMILES string of the molecule is C[Si](C)(C)CCO[C@@H]1O[C@H](CO)[C@@H](OCc2ccccc2)[C@H](OCc2ccccc2)[C@H]1OCc1ccccc1. The van der Waals surface area contributed by atoms with Crippen LogP contribution in [-0.2, 0) is 43.5 Å². The maximum atomic E-state index is 10.4. The van der Waals surface area contributed by atoms with Crippen LogP contribution in [0.3, 0.4) is 0 Å². The van der Waals surface area contributed by atoms with Gasteiger partial charge in [0.05, 0.1) is 26.4 Å². The molecule has 3 aromatic carbocycles. The summed E-state index contributed by atoms with van der Waals surface area (Å²) >= 11 is 0. The minimum absolute atomic E-state index is 0.218. The first-order valence-electron chi connectivity index (χ1n) is 13.8. The van der Waals surface area contributed by atoms with E-state index in [2.05, 4.69) is 19.6 Å². The molecule has 39 heavy (non-hydrogen) atoms. The zero-order chi connectivity index (χ0) is 27.5. The van der Waals surface area contributed by atoms with Crippen molar-refractivity contribution in [2.45, 2.75) is 76.2 Å². The Kier molecular flexibility index (Phi) is 11.3. The lowest BCUT2D eigenvalue weighted by Crippen LogP contribution is -2.61. The molecule has 3 aromatic rings. The van der Waals surface area contributed by atoms with Gasteiger partial charge in [0.15, 0.2) is 6.29 Å². The second-order valence-corrected chi connectivity index (χ2v) is 16.8. The molecule has 0 bridgehead atoms. The lowest BCUT2D eigenvalue weighted by molar-refractivity contribution is -0.325. The summed E-state index contributed by atoms with van der Waals surface area (Å²) in [7, 11) is -1.33. The Morgan fingerprint density at radius 2 is 1.05 bits per heavy atom. The van der Waals surface area contributed by atoms with Crippen molar-refractivity contribution in [3.8, 4) is 0 Å². The molecule has 6 nitrogen and oxygen atoms in total. The fourth-order valence-corrected chi connectivity index (χ4v) is 5.24. The van der Waals surface area contributed by atoms with Gasteiger partial charge in [-0.05, 0) is 22.7 Å². The zero-order valence-corrected chi connectivity index (χ0v) is 24.3. The van der Waals surface area contributed by atoms with Gasteiger partial charge >= 0.3 is 0 Å². The Bertz CT molecular complexity index is 1080. The molecule has 0 saturated carbocycles. The van der Waals surface area contributed by atoms with Gasteiger partial charge in [0.25, 0.3) is 0 Å². The van der Waals surface area contributed by atoms with E-state index in [4.69, 9.17) is 23.7 Å². The van der Waals surface area contributed by atoms with Crippen molar-refractivity contribution >= 4 is 8.07 Å². The van der Waals surface area contributed by atoms with Gasteiger partial charge in [-0.15, -0.1) is 0 Å². The Balaban J connectivity index is 1.59. The van der Waals surface area contributed by atoms with Crippen molar-refractivity contribution in [2.75, 3.05) is 13.2 Å². The first kappa shape index (κ1) is 29.6. The molecule has 0 radical (unpaired) electrons. The minimum atomic E-state index is -1.33. The highest BCUT2D eigenvalue weighted by atomic mass is 28.3. The average Bonchev–Trinajstić information content (AvgIpc) is 2.95. The quantitative estimate of drug-likeness (QED) is 0.255. The normalized spacial score (nSPS) is 23.5. The predicted molar refractivity (Wildman–Crippen MR) is 155 cm³/mol. The first-order valence-corrected chi connectivity index (χ1v) is 17.5. The molecule has 210 valence electrons. The van der Waals surface area contributed by atoms with E-state index in [-0.39, 0.29) is 6.61 Å². The van der Waals surface area contributed by atoms with Crippen molar-refractivity contribution < 1.29 is 28.8 Å². The first-order chi connectivity index (χ1) is 18.9. The third-order valence-corrected chi connectivity index (χ3v) is 8.47. The molecule has 7 heteroatoms. The predicted octanol–water partition coefficient (Wildman–Crippen LogP) is 5.81. The second kappa shape index (κ2) is 14.9. The number of rotatable bonds is 14. The molecule has 1 heterocycles. The summed E-state index contributed by atoms with van der Waals surface area (Å²) in [6.07, 6.45) is -2.96. The van der Waals surface area contributed by atoms with E-state index < -0.39 is 38.8 Å². The molecule has 0 aromatic heterocycles. The number of aliphatic hydroxyl groups is 1. The van der Waals surface area contributed by atoms with Gasteiger partial charge in [0.2, 0.25) is 0 Å². The van der Waals surface area contributed by atoms with Gasteiger partial charge in [-0.3, -0.25) is 0 Å². The molecular weight excluding hydrogens is 508 g/mol. The van der Waals surface area contributed by atoms with Crippen LogP contribution in [-0.4, -0.2) is 57.1 Å². The van der Waals surface area contributed by atoms with Gasteiger partial charge in [-0.2, -0.15) is 0 Å². The van der Waals surface area contributed by atoms with Crippen molar-refractivity contribution in [3.05, 3.63) is 108 Å². The average molecular weight is 551 g/mol. The summed E-state index contributed by atoms with van der Waals surface area (Å²) in [5.74, 6) is 0. The van der Waals surface area contributed by atoms with Crippen LogP contribution >= 0.6 is 0 Å². The molecule has 1 N–H and O–H groups in total. The van der Waals surface area contributed by atoms with Crippen LogP contribution in [0.5, 0.6) is 0 Å². The molecule has 0 unspecified atom stereocenters. The third kappa shape index (κ3) is 9.36. The van der Waals surface area contributed by atoms with Crippen LogP contribution < -0.4 is 0 Å². The van der Waals surface area contributed by atoms with Gasteiger partial charge in [0.1, 0.15) is 24.4 Å². The standard InChI is InChI=1S/C32H42O6Si/c1-39(2,3)20-19-34-32-31(37-24-27-17-11-6-12-18-27)30(36-23-26-15-9-5-10-16-26)29(28(21-33)38-32)35-22-25-13-7-4-8-14-25/h4-18,28-33H,19-24H2,1-3H3/t28-,29-,30+,31-,32-/m1/s1. The summed E-state index contributed by atoms with van der Waals surface area (Å²) in [5, 5.41) is 10.4. The third-order valence-electron chi connectivity index (χ3n) is 6.76. The van der Waals surface area contributed by atoms with Gasteiger partial charge < -0.3 is 28.8 Å². The minimum Gasteiger partial charge on any atom is -0.394 e. The topological polar surface area (TPSA) is 66.4 Å². The van der Waals surface area contributed by atoms with E-state index >= 15 is 0 Å². The van der Waals surface area contributed by atoms with Crippen molar-refractivity contribution in [2.24, 2.45) is 0 Å². The monoisotopic (exact) mass is 550 g/mol. The molecule has 1 saturated heterocycles. The Hall–Kier alpha value is -2.36. The van der Waals surface area contributed by atoms with E-state index in [0.717, 1.165) is 22.7 Å². The van der Waals surface area contributed by atoms with Crippen LogP contribution in [0.4, 0.5) is 0 Å². The number of aliphatic hydroxyl groups excluding tert-OH is 1. The highest BCUT2D eigenvalue weighted by molar-refractivity contribution is 6.76. The lowest BCUT2D eigenvalue weighted by atomic mass is 9.98. The molecule has 1 fully saturated rings. The van der Waals surface area contributed by atoms with E-state index in [0.29, 0.717) is 26.4 Å². The number of hydrogen-bond acceptors (Lipinski definition) is 6. The summed E-state index contributed by atoms with van der Waals surface area (Å²) < 4.78 is 32.2. The van der Waals surface area contributed by atoms with Crippen molar-refractivity contribution in [1.82, 2.24) is 0 Å². The van der Waals surface area contributed by atoms with Crippen molar-refractivity contribution in [1.29, 1.82) is 0 Å². The molecule has 0 aliphatic carbocycles. The zero-order valence-electron chi connectivity index (χ0n) is 23.3. The smallest absolute Gasteiger partial charge is 0.186 e. The van der Waals surface area contributed by atoms with Crippen LogP contribution in [0.25, 0.3) is 0 Å². The summed E-state index contributed by atoms with van der Waals surface area (Å²) in [6.45, 7) is 8.41. The Morgan fingerprint density at radius 1 is 0.615 bits per heavy atom. The van der Waals surface area contributed by atoms with Crippen LogP contribution in [0.15, 0.2) is 91.0 Å². The van der Waals surface area contributed by atoms with Crippen molar-refractivity contribution in [3.63, 3.8) is 0 Å². The van der Waals surface area contributed by atoms with E-state index in [1.807, 2.05) is 91.0 Å².